The van der Waals surface area contributed by atoms with Crippen LogP contribution in [0.3, 0.4) is 0 Å². The van der Waals surface area contributed by atoms with E-state index < -0.39 is 24.7 Å². The second-order valence-corrected chi connectivity index (χ2v) is 2.70. The molecule has 0 aromatic heterocycles. The molecule has 1 aliphatic heterocycles. The minimum Gasteiger partial charge on any atom is -0.376 e. The quantitative estimate of drug-likeness (QED) is 0.450. The molecule has 1 rings (SSSR count). The van der Waals surface area contributed by atoms with Gasteiger partial charge in [0.1, 0.15) is 12.8 Å². The normalized spacial score (nSPS) is 22.4. The monoisotopic (exact) mass is 182 g/mol. The molecule has 1 atom stereocenters. The average molecular weight is 182 g/mol. The van der Waals surface area contributed by atoms with Crippen LogP contribution in [0, 0.1) is 12.3 Å². The third-order valence-corrected chi connectivity index (χ3v) is 1.97. The number of amides is 3. The van der Waals surface area contributed by atoms with Gasteiger partial charge in [-0.15, -0.1) is 6.42 Å². The zero-order valence-electron chi connectivity index (χ0n) is 7.23. The molecule has 0 bridgehead atoms. The lowest BCUT2D eigenvalue weighted by atomic mass is 10.3. The lowest BCUT2D eigenvalue weighted by molar-refractivity contribution is -0.130. The van der Waals surface area contributed by atoms with Crippen molar-refractivity contribution in [1.29, 1.82) is 0 Å². The Morgan fingerprint density at radius 2 is 2.23 bits per heavy atom. The summed E-state index contributed by atoms with van der Waals surface area (Å²) in [7, 11) is 0. The van der Waals surface area contributed by atoms with Crippen molar-refractivity contribution in [1.82, 2.24) is 9.80 Å². The molecule has 5 nitrogen and oxygen atoms in total. The standard InChI is InChI=1S/C8H10N2O3/c1-3-4-9-6(2)7(12)10(5-11)8(9)13/h1,6,11H,4-5H2,2H3. The zero-order valence-corrected chi connectivity index (χ0v) is 7.23. The number of nitrogens with zero attached hydrogens (tertiary/aromatic N) is 2. The second-order valence-electron chi connectivity index (χ2n) is 2.70. The van der Waals surface area contributed by atoms with Gasteiger partial charge in [-0.2, -0.15) is 0 Å². The maximum absolute atomic E-state index is 11.3. The van der Waals surface area contributed by atoms with Crippen molar-refractivity contribution >= 4 is 11.9 Å². The van der Waals surface area contributed by atoms with Gasteiger partial charge in [-0.1, -0.05) is 5.92 Å². The summed E-state index contributed by atoms with van der Waals surface area (Å²) in [4.78, 5) is 24.6. The Bertz CT molecular complexity index is 282. The maximum atomic E-state index is 11.3. The summed E-state index contributed by atoms with van der Waals surface area (Å²) in [6.45, 7) is 1.07. The molecule has 13 heavy (non-hydrogen) atoms. The minimum atomic E-state index is -0.594. The van der Waals surface area contributed by atoms with E-state index in [1.807, 2.05) is 0 Å². The van der Waals surface area contributed by atoms with Gasteiger partial charge in [0.15, 0.2) is 0 Å². The number of urea groups is 1. The molecule has 0 radical (unpaired) electrons. The summed E-state index contributed by atoms with van der Waals surface area (Å²) in [6.07, 6.45) is 5.03. The van der Waals surface area contributed by atoms with E-state index in [-0.39, 0.29) is 6.54 Å². The van der Waals surface area contributed by atoms with Gasteiger partial charge >= 0.3 is 6.03 Å². The van der Waals surface area contributed by atoms with Crippen LogP contribution in [0.4, 0.5) is 4.79 Å². The molecule has 70 valence electrons. The Morgan fingerprint density at radius 1 is 1.62 bits per heavy atom. The summed E-state index contributed by atoms with van der Waals surface area (Å²) in [6, 6.07) is -1.10. The first-order valence-corrected chi connectivity index (χ1v) is 3.79. The van der Waals surface area contributed by atoms with Gasteiger partial charge in [0.25, 0.3) is 5.91 Å². The van der Waals surface area contributed by atoms with Gasteiger partial charge in [-0.05, 0) is 6.92 Å². The molecular formula is C8H10N2O3. The van der Waals surface area contributed by atoms with Crippen molar-refractivity contribution in [3.8, 4) is 12.3 Å². The van der Waals surface area contributed by atoms with Crippen molar-refractivity contribution in [2.45, 2.75) is 13.0 Å². The largest absolute Gasteiger partial charge is 0.376 e. The van der Waals surface area contributed by atoms with Crippen molar-refractivity contribution in [3.63, 3.8) is 0 Å². The molecule has 0 aromatic carbocycles. The van der Waals surface area contributed by atoms with Gasteiger partial charge in [0, 0.05) is 0 Å². The van der Waals surface area contributed by atoms with Crippen LogP contribution in [0.5, 0.6) is 0 Å². The first-order chi connectivity index (χ1) is 6.13. The SMILES string of the molecule is C#CCN1C(=O)N(CO)C(=O)C1C. The molecule has 5 heteroatoms. The predicted molar refractivity (Wildman–Crippen MR) is 44.3 cm³/mol. The molecule has 0 aliphatic carbocycles. The fourth-order valence-corrected chi connectivity index (χ4v) is 1.21. The van der Waals surface area contributed by atoms with Crippen LogP contribution in [0.15, 0.2) is 0 Å². The molecule has 0 spiro atoms. The molecule has 1 N–H and O–H groups in total. The van der Waals surface area contributed by atoms with Crippen molar-refractivity contribution in [2.75, 3.05) is 13.3 Å². The minimum absolute atomic E-state index is 0.0856. The Balaban J connectivity index is 2.86. The van der Waals surface area contributed by atoms with E-state index in [9.17, 15) is 9.59 Å². The number of rotatable bonds is 2. The second kappa shape index (κ2) is 3.46. The highest BCUT2D eigenvalue weighted by molar-refractivity contribution is 6.03. The number of aliphatic hydroxyl groups excluding tert-OH is 1. The van der Waals surface area contributed by atoms with Gasteiger partial charge in [-0.3, -0.25) is 4.79 Å². The molecular weight excluding hydrogens is 172 g/mol. The number of imide groups is 1. The van der Waals surface area contributed by atoms with Crippen molar-refractivity contribution in [2.24, 2.45) is 0 Å². The maximum Gasteiger partial charge on any atom is 0.330 e. The average Bonchev–Trinajstić information content (AvgIpc) is 2.31. The fraction of sp³-hybridized carbons (Fsp3) is 0.500. The number of terminal acetylenes is 1. The van der Waals surface area contributed by atoms with E-state index in [4.69, 9.17) is 11.5 Å². The van der Waals surface area contributed by atoms with Crippen LogP contribution in [-0.2, 0) is 4.79 Å². The summed E-state index contributed by atoms with van der Waals surface area (Å²) in [5, 5.41) is 8.72. The van der Waals surface area contributed by atoms with Crippen LogP contribution >= 0.6 is 0 Å². The molecule has 1 unspecified atom stereocenters. The van der Waals surface area contributed by atoms with E-state index in [2.05, 4.69) is 5.92 Å². The predicted octanol–water partition coefficient (Wildman–Crippen LogP) is -0.778. The Morgan fingerprint density at radius 3 is 2.62 bits per heavy atom. The lowest BCUT2D eigenvalue weighted by Gasteiger charge is -2.14. The molecule has 1 saturated heterocycles. The molecule has 0 aromatic rings. The van der Waals surface area contributed by atoms with E-state index in [0.717, 1.165) is 4.90 Å². The van der Waals surface area contributed by atoms with E-state index in [0.29, 0.717) is 0 Å². The summed E-state index contributed by atoms with van der Waals surface area (Å²) >= 11 is 0. The van der Waals surface area contributed by atoms with Crippen LogP contribution < -0.4 is 0 Å². The summed E-state index contributed by atoms with van der Waals surface area (Å²) < 4.78 is 0. The zero-order chi connectivity index (χ0) is 10.0. The highest BCUT2D eigenvalue weighted by Gasteiger charge is 2.41. The molecule has 1 aliphatic rings. The molecule has 0 saturated carbocycles. The molecule has 3 amide bonds. The van der Waals surface area contributed by atoms with Crippen molar-refractivity contribution in [3.05, 3.63) is 0 Å². The Labute approximate surface area is 75.9 Å². The fourth-order valence-electron chi connectivity index (χ4n) is 1.21. The highest BCUT2D eigenvalue weighted by Crippen LogP contribution is 2.15. The van der Waals surface area contributed by atoms with E-state index in [1.165, 1.54) is 4.90 Å². The number of aliphatic hydroxyl groups is 1. The molecule has 1 heterocycles. The Hall–Kier alpha value is -1.54. The van der Waals surface area contributed by atoms with Gasteiger partial charge < -0.3 is 10.0 Å². The summed E-state index contributed by atoms with van der Waals surface area (Å²) in [5.74, 6) is 1.87. The van der Waals surface area contributed by atoms with Crippen LogP contribution in [0.25, 0.3) is 0 Å². The van der Waals surface area contributed by atoms with Crippen LogP contribution in [0.2, 0.25) is 0 Å². The van der Waals surface area contributed by atoms with Crippen LogP contribution in [0.1, 0.15) is 6.92 Å². The number of hydrogen-bond donors (Lipinski definition) is 1. The van der Waals surface area contributed by atoms with Gasteiger partial charge in [-0.25, -0.2) is 9.69 Å². The Kier molecular flexibility index (Phi) is 2.54. The first-order valence-electron chi connectivity index (χ1n) is 3.79. The number of carbonyl (C=O) groups excluding carboxylic acids is 2. The van der Waals surface area contributed by atoms with Crippen molar-refractivity contribution < 1.29 is 14.7 Å². The number of carbonyl (C=O) groups is 2. The number of hydrogen-bond acceptors (Lipinski definition) is 3. The highest BCUT2D eigenvalue weighted by atomic mass is 16.3. The smallest absolute Gasteiger partial charge is 0.330 e. The van der Waals surface area contributed by atoms with E-state index in [1.54, 1.807) is 6.92 Å². The molecule has 1 fully saturated rings. The van der Waals surface area contributed by atoms with Gasteiger partial charge in [0.2, 0.25) is 0 Å². The summed E-state index contributed by atoms with van der Waals surface area (Å²) in [5.41, 5.74) is 0. The topological polar surface area (TPSA) is 60.9 Å². The lowest BCUT2D eigenvalue weighted by Crippen LogP contribution is -2.34. The van der Waals surface area contributed by atoms with E-state index >= 15 is 0 Å². The third-order valence-electron chi connectivity index (χ3n) is 1.97. The van der Waals surface area contributed by atoms with Crippen LogP contribution in [-0.4, -0.2) is 46.2 Å². The van der Waals surface area contributed by atoms with Gasteiger partial charge in [0.05, 0.1) is 6.54 Å². The third kappa shape index (κ3) is 1.36. The first kappa shape index (κ1) is 9.55.